The van der Waals surface area contributed by atoms with Crippen molar-refractivity contribution in [3.05, 3.63) is 63.5 Å². The maximum Gasteiger partial charge on any atom is 0.268 e. The normalized spacial score (nSPS) is 24.0. The Bertz CT molecular complexity index is 872. The van der Waals surface area contributed by atoms with Gasteiger partial charge in [0, 0.05) is 16.5 Å². The van der Waals surface area contributed by atoms with Gasteiger partial charge < -0.3 is 10.6 Å². The molecule has 5 heteroatoms. The predicted octanol–water partition coefficient (Wildman–Crippen LogP) is 4.13. The monoisotopic (exact) mass is 380 g/mol. The third-order valence-corrected chi connectivity index (χ3v) is 6.59. The van der Waals surface area contributed by atoms with Crippen molar-refractivity contribution in [2.45, 2.75) is 38.6 Å². The largest absolute Gasteiger partial charge is 0.348 e. The Kier molecular flexibility index (Phi) is 5.12. The highest BCUT2D eigenvalue weighted by atomic mass is 32.1. The van der Waals surface area contributed by atoms with E-state index in [0.29, 0.717) is 17.2 Å². The van der Waals surface area contributed by atoms with Gasteiger partial charge >= 0.3 is 0 Å². The maximum absolute atomic E-state index is 13.0. The summed E-state index contributed by atoms with van der Waals surface area (Å²) in [5.74, 6) is 0.905. The number of thiophene rings is 1. The van der Waals surface area contributed by atoms with Gasteiger partial charge in [-0.3, -0.25) is 9.59 Å². The van der Waals surface area contributed by atoms with Crippen molar-refractivity contribution in [3.8, 4) is 0 Å². The Labute approximate surface area is 163 Å². The van der Waals surface area contributed by atoms with Gasteiger partial charge in [-0.15, -0.1) is 11.3 Å². The van der Waals surface area contributed by atoms with E-state index >= 15 is 0 Å². The number of rotatable bonds is 5. The Morgan fingerprint density at radius 2 is 1.96 bits per heavy atom. The summed E-state index contributed by atoms with van der Waals surface area (Å²) in [6.07, 6.45) is 6.55. The van der Waals surface area contributed by atoms with E-state index in [1.807, 2.05) is 42.6 Å². The van der Waals surface area contributed by atoms with Gasteiger partial charge in [0.05, 0.1) is 0 Å². The molecule has 0 saturated heterocycles. The van der Waals surface area contributed by atoms with Crippen molar-refractivity contribution >= 4 is 29.2 Å². The van der Waals surface area contributed by atoms with E-state index in [-0.39, 0.29) is 17.9 Å². The molecule has 0 unspecified atom stereocenters. The zero-order valence-corrected chi connectivity index (χ0v) is 16.2. The second-order valence-electron chi connectivity index (χ2n) is 7.60. The summed E-state index contributed by atoms with van der Waals surface area (Å²) in [6.45, 7) is 1.90. The van der Waals surface area contributed by atoms with Crippen molar-refractivity contribution in [1.29, 1.82) is 0 Å². The molecule has 0 aliphatic heterocycles. The van der Waals surface area contributed by atoms with E-state index in [2.05, 4.69) is 10.6 Å². The van der Waals surface area contributed by atoms with E-state index < -0.39 is 0 Å². The summed E-state index contributed by atoms with van der Waals surface area (Å²) in [6, 6.07) is 11.5. The first-order valence-corrected chi connectivity index (χ1v) is 10.4. The van der Waals surface area contributed by atoms with Crippen molar-refractivity contribution in [1.82, 2.24) is 10.6 Å². The maximum atomic E-state index is 13.0. The zero-order valence-electron chi connectivity index (χ0n) is 15.4. The highest BCUT2D eigenvalue weighted by Crippen LogP contribution is 2.44. The van der Waals surface area contributed by atoms with Gasteiger partial charge in [-0.05, 0) is 67.2 Å². The minimum Gasteiger partial charge on any atom is -0.348 e. The average Bonchev–Trinajstić information content (AvgIpc) is 3.39. The van der Waals surface area contributed by atoms with E-state index in [1.165, 1.54) is 19.3 Å². The van der Waals surface area contributed by atoms with Crippen LogP contribution < -0.4 is 10.6 Å². The molecule has 4 nitrogen and oxygen atoms in total. The van der Waals surface area contributed by atoms with Crippen molar-refractivity contribution in [3.63, 3.8) is 0 Å². The first kappa shape index (κ1) is 18.0. The molecule has 0 radical (unpaired) electrons. The number of nitrogens with one attached hydrogen (secondary N) is 2. The standard InChI is InChI=1S/C22H24N2O2S/c1-14-5-2-3-7-18(14)21(25)24-20(13-17-6-4-10-27-17)22(26)23-19-12-15-8-9-16(19)11-15/h2-7,10,13,15-16,19H,8-9,11-12H2,1H3,(H,23,26)(H,24,25)/b20-13-/t15-,16-,19-/m0/s1. The third-order valence-electron chi connectivity index (χ3n) is 5.77. The quantitative estimate of drug-likeness (QED) is 0.766. The highest BCUT2D eigenvalue weighted by molar-refractivity contribution is 7.10. The predicted molar refractivity (Wildman–Crippen MR) is 108 cm³/mol. The SMILES string of the molecule is Cc1ccccc1C(=O)N/C(=C\c1cccs1)C(=O)N[C@H]1C[C@H]2CC[C@H]1C2. The average molecular weight is 381 g/mol. The molecule has 27 heavy (non-hydrogen) atoms. The van der Waals surface area contributed by atoms with E-state index in [0.717, 1.165) is 22.8 Å². The molecular weight excluding hydrogens is 356 g/mol. The van der Waals surface area contributed by atoms with Gasteiger partial charge in [-0.25, -0.2) is 0 Å². The lowest BCUT2D eigenvalue weighted by atomic mass is 9.95. The number of carbonyl (C=O) groups is 2. The first-order valence-electron chi connectivity index (χ1n) is 9.53. The van der Waals surface area contributed by atoms with Gasteiger partial charge in [0.25, 0.3) is 11.8 Å². The molecule has 1 aromatic carbocycles. The second kappa shape index (κ2) is 7.69. The summed E-state index contributed by atoms with van der Waals surface area (Å²) < 4.78 is 0. The number of fused-ring (bicyclic) bond motifs is 2. The summed E-state index contributed by atoms with van der Waals surface area (Å²) >= 11 is 1.54. The van der Waals surface area contributed by atoms with Crippen LogP contribution in [0, 0.1) is 18.8 Å². The summed E-state index contributed by atoms with van der Waals surface area (Å²) in [5, 5.41) is 7.98. The van der Waals surface area contributed by atoms with Crippen LogP contribution in [0.3, 0.4) is 0 Å². The fourth-order valence-corrected chi connectivity index (χ4v) is 5.02. The van der Waals surface area contributed by atoms with Crippen molar-refractivity contribution in [2.24, 2.45) is 11.8 Å². The second-order valence-corrected chi connectivity index (χ2v) is 8.58. The van der Waals surface area contributed by atoms with Crippen molar-refractivity contribution < 1.29 is 9.59 Å². The van der Waals surface area contributed by atoms with Gasteiger partial charge in [-0.1, -0.05) is 30.7 Å². The topological polar surface area (TPSA) is 58.2 Å². The minimum atomic E-state index is -0.251. The van der Waals surface area contributed by atoms with Crippen molar-refractivity contribution in [2.75, 3.05) is 0 Å². The van der Waals surface area contributed by atoms with Crippen LogP contribution in [0.15, 0.2) is 47.5 Å². The molecule has 3 atom stereocenters. The summed E-state index contributed by atoms with van der Waals surface area (Å²) in [5.41, 5.74) is 1.79. The van der Waals surface area contributed by atoms with E-state index in [1.54, 1.807) is 23.5 Å². The molecule has 2 aliphatic carbocycles. The number of carbonyl (C=O) groups excluding carboxylic acids is 2. The minimum absolute atomic E-state index is 0.192. The molecule has 2 aliphatic rings. The first-order chi connectivity index (χ1) is 13.1. The number of hydrogen-bond acceptors (Lipinski definition) is 3. The van der Waals surface area contributed by atoms with Crippen LogP contribution >= 0.6 is 11.3 Å². The van der Waals surface area contributed by atoms with Gasteiger partial charge in [0.15, 0.2) is 0 Å². The molecule has 2 aromatic rings. The van der Waals surface area contributed by atoms with Crippen LogP contribution in [-0.2, 0) is 4.79 Å². The lowest BCUT2D eigenvalue weighted by Crippen LogP contribution is -2.42. The molecule has 2 bridgehead atoms. The van der Waals surface area contributed by atoms with E-state index in [9.17, 15) is 9.59 Å². The summed E-state index contributed by atoms with van der Waals surface area (Å²) in [7, 11) is 0. The molecule has 4 rings (SSSR count). The highest BCUT2D eigenvalue weighted by Gasteiger charge is 2.40. The molecule has 140 valence electrons. The molecular formula is C22H24N2O2S. The molecule has 2 saturated carbocycles. The lowest BCUT2D eigenvalue weighted by Gasteiger charge is -2.23. The fraction of sp³-hybridized carbons (Fsp3) is 0.364. The Hall–Kier alpha value is -2.40. The fourth-order valence-electron chi connectivity index (χ4n) is 4.36. The molecule has 1 heterocycles. The van der Waals surface area contributed by atoms with Crippen LogP contribution in [-0.4, -0.2) is 17.9 Å². The molecule has 2 amide bonds. The van der Waals surface area contributed by atoms with Crippen LogP contribution in [0.5, 0.6) is 0 Å². The number of hydrogen-bond donors (Lipinski definition) is 2. The Balaban J connectivity index is 1.53. The molecule has 2 N–H and O–H groups in total. The molecule has 1 aromatic heterocycles. The van der Waals surface area contributed by atoms with Gasteiger partial charge in [0.1, 0.15) is 5.70 Å². The van der Waals surface area contributed by atoms with E-state index in [4.69, 9.17) is 0 Å². The molecule has 0 spiro atoms. The van der Waals surface area contributed by atoms with Crippen LogP contribution in [0.4, 0.5) is 0 Å². The Morgan fingerprint density at radius 3 is 2.63 bits per heavy atom. The van der Waals surface area contributed by atoms with Crippen LogP contribution in [0.2, 0.25) is 0 Å². The van der Waals surface area contributed by atoms with Crippen LogP contribution in [0.1, 0.15) is 46.5 Å². The van der Waals surface area contributed by atoms with Gasteiger partial charge in [0.2, 0.25) is 0 Å². The summed E-state index contributed by atoms with van der Waals surface area (Å²) in [4.78, 5) is 26.7. The lowest BCUT2D eigenvalue weighted by molar-refractivity contribution is -0.118. The van der Waals surface area contributed by atoms with Crippen LogP contribution in [0.25, 0.3) is 6.08 Å². The molecule has 2 fully saturated rings. The number of benzene rings is 1. The Morgan fingerprint density at radius 1 is 1.11 bits per heavy atom. The van der Waals surface area contributed by atoms with Gasteiger partial charge in [-0.2, -0.15) is 0 Å². The number of amides is 2. The number of aryl methyl sites for hydroxylation is 1. The smallest absolute Gasteiger partial charge is 0.268 e. The third kappa shape index (κ3) is 3.98. The zero-order chi connectivity index (χ0) is 18.8.